The van der Waals surface area contributed by atoms with E-state index >= 15 is 4.79 Å². The summed E-state index contributed by atoms with van der Waals surface area (Å²) in [5.41, 5.74) is 9.07. The van der Waals surface area contributed by atoms with E-state index in [4.69, 9.17) is 9.47 Å². The summed E-state index contributed by atoms with van der Waals surface area (Å²) in [5, 5.41) is 8.23. The molecule has 4 amide bonds. The van der Waals surface area contributed by atoms with Gasteiger partial charge in [-0.3, -0.25) is 19.4 Å². The Balaban J connectivity index is 0.751. The smallest absolute Gasteiger partial charge is 0.448 e. The van der Waals surface area contributed by atoms with Gasteiger partial charge in [-0.05, 0) is 133 Å². The summed E-state index contributed by atoms with van der Waals surface area (Å²) in [6, 6.07) is 34.4. The van der Waals surface area contributed by atoms with Gasteiger partial charge in [-0.25, -0.2) is 28.9 Å². The van der Waals surface area contributed by atoms with Crippen molar-refractivity contribution in [1.82, 2.24) is 29.5 Å². The predicted octanol–water partition coefficient (Wildman–Crippen LogP) is 13.1. The fourth-order valence-corrected chi connectivity index (χ4v) is 12.3. The molecule has 0 saturated carbocycles. The molecule has 1 aliphatic carbocycles. The van der Waals surface area contributed by atoms with Crippen LogP contribution in [0, 0.1) is 6.92 Å². The van der Waals surface area contributed by atoms with E-state index in [0.29, 0.717) is 75.9 Å². The molecule has 1 unspecified atom stereocenters. The monoisotopic (exact) mass is 1230 g/mol. The summed E-state index contributed by atoms with van der Waals surface area (Å²) >= 11 is 2.19. The van der Waals surface area contributed by atoms with Gasteiger partial charge in [0.15, 0.2) is 22.0 Å². The van der Waals surface area contributed by atoms with Gasteiger partial charge in [-0.15, -0.1) is 36.5 Å². The minimum absolute atomic E-state index is 0.00444. The molecule has 11 rings (SSSR count). The molecule has 8 aromatic rings. The molecular formula is C61H50F6N10O8S2. The molecule has 0 spiro atoms. The van der Waals surface area contributed by atoms with Crippen LogP contribution in [0.1, 0.15) is 64.0 Å². The number of hydrogen-bond donors (Lipinski definition) is 0. The SMILES string of the molecule is CCc1ccc(C2S/C(=N\C(=O)OCCc3ccc(-c4ncn(-c5ccc(OC(F)(F)F)cc5)n4)cc3)N(c3cccc4c3CCCC4)C2=O)c(C)c1N1C(=O)CS/C1=N\C(=O)OCCc1ccc(-c2ncn(-c3ccc(OC(F)(F)F)cc3)n2)cc1. The molecule has 2 saturated heterocycles. The Kier molecular flexibility index (Phi) is 17.3. The highest BCUT2D eigenvalue weighted by Crippen LogP contribution is 2.47. The summed E-state index contributed by atoms with van der Waals surface area (Å²) in [4.78, 5) is 76.2. The van der Waals surface area contributed by atoms with Crippen molar-refractivity contribution in [2.24, 2.45) is 9.98 Å². The first-order valence-corrected chi connectivity index (χ1v) is 29.2. The van der Waals surface area contributed by atoms with Crippen molar-refractivity contribution in [3.8, 4) is 45.6 Å². The molecule has 2 fully saturated rings. The number of nitrogens with zero attached hydrogens (tertiary/aromatic N) is 10. The predicted molar refractivity (Wildman–Crippen MR) is 313 cm³/mol. The van der Waals surface area contributed by atoms with Crippen molar-refractivity contribution < 1.29 is 64.5 Å². The molecule has 2 aliphatic heterocycles. The van der Waals surface area contributed by atoms with E-state index in [1.165, 1.54) is 80.3 Å². The number of halogens is 6. The first kappa shape index (κ1) is 59.4. The molecule has 18 nitrogen and oxygen atoms in total. The van der Waals surface area contributed by atoms with Crippen LogP contribution < -0.4 is 19.3 Å². The van der Waals surface area contributed by atoms with Crippen LogP contribution in [0.3, 0.4) is 0 Å². The maximum atomic E-state index is 15.0. The van der Waals surface area contributed by atoms with Gasteiger partial charge in [0, 0.05) is 24.0 Å². The van der Waals surface area contributed by atoms with Crippen molar-refractivity contribution in [3.05, 3.63) is 179 Å². The average molecular weight is 1230 g/mol. The van der Waals surface area contributed by atoms with Gasteiger partial charge in [0.05, 0.1) is 41.7 Å². The molecular weight excluding hydrogens is 1180 g/mol. The number of carbonyl (C=O) groups excluding carboxylic acids is 4. The zero-order valence-electron chi connectivity index (χ0n) is 46.2. The first-order chi connectivity index (χ1) is 41.8. The second-order valence-corrected chi connectivity index (χ2v) is 22.0. The first-order valence-electron chi connectivity index (χ1n) is 27.3. The molecule has 0 radical (unpaired) electrons. The van der Waals surface area contributed by atoms with Crippen molar-refractivity contribution >= 4 is 69.2 Å². The van der Waals surface area contributed by atoms with Crippen LogP contribution in [-0.2, 0) is 51.2 Å². The maximum Gasteiger partial charge on any atom is 0.573 e. The lowest BCUT2D eigenvalue weighted by Crippen LogP contribution is -2.33. The third-order valence-corrected chi connectivity index (χ3v) is 16.5. The minimum atomic E-state index is -4.81. The average Bonchev–Trinajstić information content (AvgIpc) is 1.92. The zero-order chi connectivity index (χ0) is 61.0. The summed E-state index contributed by atoms with van der Waals surface area (Å²) < 4.78 is 97.7. The second kappa shape index (κ2) is 25.3. The van der Waals surface area contributed by atoms with Gasteiger partial charge in [0.25, 0.3) is 5.91 Å². The molecule has 6 aromatic carbocycles. The number of thioether (sulfide) groups is 2. The summed E-state index contributed by atoms with van der Waals surface area (Å²) in [6.07, 6.45) is -3.94. The summed E-state index contributed by atoms with van der Waals surface area (Å²) in [5.74, 6) is -0.655. The number of benzene rings is 6. The number of amidine groups is 2. The Morgan fingerprint density at radius 2 is 1.17 bits per heavy atom. The number of aliphatic imine (C=N–C) groups is 2. The van der Waals surface area contributed by atoms with Crippen molar-refractivity contribution in [2.75, 3.05) is 28.8 Å². The third kappa shape index (κ3) is 13.9. The summed E-state index contributed by atoms with van der Waals surface area (Å²) in [7, 11) is 0. The zero-order valence-corrected chi connectivity index (χ0v) is 47.9. The lowest BCUT2D eigenvalue weighted by molar-refractivity contribution is -0.275. The Hall–Kier alpha value is -9.30. The van der Waals surface area contributed by atoms with E-state index in [-0.39, 0.29) is 52.6 Å². The third-order valence-electron chi connectivity index (χ3n) is 14.4. The largest absolute Gasteiger partial charge is 0.573 e. The molecule has 26 heteroatoms. The van der Waals surface area contributed by atoms with Crippen LogP contribution in [0.4, 0.5) is 47.3 Å². The van der Waals surface area contributed by atoms with Crippen molar-refractivity contribution in [3.63, 3.8) is 0 Å². The number of ether oxygens (including phenoxy) is 4. The number of carbonyl (C=O) groups is 4. The maximum absolute atomic E-state index is 15.0. The Morgan fingerprint density at radius 3 is 1.70 bits per heavy atom. The van der Waals surface area contributed by atoms with Crippen molar-refractivity contribution in [1.29, 1.82) is 0 Å². The van der Waals surface area contributed by atoms with Gasteiger partial charge in [-0.2, -0.15) is 9.98 Å². The number of rotatable bonds is 16. The second-order valence-electron chi connectivity index (χ2n) is 20.0. The number of alkyl halides is 6. The van der Waals surface area contributed by atoms with Gasteiger partial charge < -0.3 is 18.9 Å². The molecule has 4 heterocycles. The van der Waals surface area contributed by atoms with Crippen LogP contribution in [0.5, 0.6) is 11.5 Å². The lowest BCUT2D eigenvalue weighted by Gasteiger charge is -2.26. The van der Waals surface area contributed by atoms with Gasteiger partial charge >= 0.3 is 24.9 Å². The fraction of sp³-hybridized carbons (Fsp3) is 0.246. The molecule has 87 heavy (non-hydrogen) atoms. The van der Waals surface area contributed by atoms with E-state index in [2.05, 4.69) is 39.6 Å². The van der Waals surface area contributed by atoms with E-state index in [0.717, 1.165) is 77.0 Å². The van der Waals surface area contributed by atoms with E-state index in [9.17, 15) is 40.7 Å². The van der Waals surface area contributed by atoms with Crippen LogP contribution in [0.15, 0.2) is 150 Å². The Morgan fingerprint density at radius 1 is 0.644 bits per heavy atom. The molecule has 1 atom stereocenters. The number of anilines is 2. The fourth-order valence-electron chi connectivity index (χ4n) is 10.2. The quantitative estimate of drug-likeness (QED) is 0.0828. The Labute approximate surface area is 501 Å². The highest BCUT2D eigenvalue weighted by Gasteiger charge is 2.44. The van der Waals surface area contributed by atoms with Crippen LogP contribution >= 0.6 is 23.5 Å². The van der Waals surface area contributed by atoms with Crippen LogP contribution in [0.25, 0.3) is 34.2 Å². The van der Waals surface area contributed by atoms with Gasteiger partial charge in [-0.1, -0.05) is 103 Å². The van der Waals surface area contributed by atoms with E-state index in [1.54, 1.807) is 24.3 Å². The topological polar surface area (TPSA) is 198 Å². The standard InChI is InChI=1S/C61H50F6N10O8S2/c1-3-39-19-28-47(36(2)51(39)77-50(78)33-86-56(77)70-58(80)82-31-29-37-11-15-41(16-12-37)53-68-34-74(72-53)43-20-24-45(25-21-43)84-60(62,63)64)52-55(79)76(49-10-6-8-40-7-4-5-9-48(40)49)57(87-52)71-59(81)83-32-30-38-13-17-42(18-14-38)54-69-35-75(73-54)44-22-26-46(27-23-44)85-61(65,66)67/h6,8,10-28,34-35,52H,3-5,7,9,29-33H2,1-2H3/b70-56-,71-57-. The number of hydrogen-bond acceptors (Lipinski definition) is 14. The Bertz CT molecular complexity index is 3950. The molecule has 0 bridgehead atoms. The van der Waals surface area contributed by atoms with Crippen LogP contribution in [-0.4, -0.2) is 95.6 Å². The summed E-state index contributed by atoms with van der Waals surface area (Å²) in [6.45, 7) is 3.67. The van der Waals surface area contributed by atoms with Gasteiger partial charge in [0.2, 0.25) is 5.91 Å². The highest BCUT2D eigenvalue weighted by atomic mass is 32.2. The lowest BCUT2D eigenvalue weighted by atomic mass is 9.90. The van der Waals surface area contributed by atoms with E-state index < -0.39 is 30.2 Å². The number of amides is 4. The number of aryl methyl sites for hydroxylation is 2. The minimum Gasteiger partial charge on any atom is -0.448 e. The number of aromatic nitrogens is 6. The molecule has 3 aliphatic rings. The molecule has 0 N–H and O–H groups in total. The normalized spacial score (nSPS) is 16.2. The van der Waals surface area contributed by atoms with Crippen molar-refractivity contribution in [2.45, 2.75) is 76.8 Å². The molecule has 2 aromatic heterocycles. The molecule has 446 valence electrons. The van der Waals surface area contributed by atoms with Crippen LogP contribution in [0.2, 0.25) is 0 Å². The van der Waals surface area contributed by atoms with E-state index in [1.807, 2.05) is 68.4 Å². The van der Waals surface area contributed by atoms with Gasteiger partial charge in [0.1, 0.15) is 29.4 Å². The number of fused-ring (bicyclic) bond motifs is 1. The highest BCUT2D eigenvalue weighted by molar-refractivity contribution is 8.16.